The number of nitrogens with zero attached hydrogens (tertiary/aromatic N) is 3. The quantitative estimate of drug-likeness (QED) is 0.206. The molecule has 2 aromatic heterocycles. The van der Waals surface area contributed by atoms with Gasteiger partial charge in [0.05, 0.1) is 28.6 Å². The minimum Gasteiger partial charge on any atom is -0.462 e. The Labute approximate surface area is 213 Å². The van der Waals surface area contributed by atoms with Crippen LogP contribution in [0.2, 0.25) is 5.02 Å². The molecule has 0 unspecified atom stereocenters. The summed E-state index contributed by atoms with van der Waals surface area (Å²) in [6.07, 6.45) is 0. The van der Waals surface area contributed by atoms with Crippen molar-refractivity contribution in [3.05, 3.63) is 57.5 Å². The summed E-state index contributed by atoms with van der Waals surface area (Å²) in [6.45, 7) is 4.55. The first kappa shape index (κ1) is 24.3. The van der Waals surface area contributed by atoms with E-state index in [1.807, 2.05) is 35.8 Å². The number of anilines is 1. The number of halogens is 2. The van der Waals surface area contributed by atoms with Gasteiger partial charge >= 0.3 is 5.97 Å². The van der Waals surface area contributed by atoms with E-state index in [1.165, 1.54) is 17.8 Å². The molecular weight excluding hydrogens is 544 g/mol. The average molecular weight is 564 g/mol. The number of esters is 1. The predicted molar refractivity (Wildman–Crippen MR) is 135 cm³/mol. The van der Waals surface area contributed by atoms with Crippen molar-refractivity contribution in [3.8, 4) is 11.6 Å². The molecule has 0 aliphatic heterocycles. The van der Waals surface area contributed by atoms with E-state index in [2.05, 4.69) is 31.4 Å². The fraction of sp³-hybridized carbons (Fsp3) is 0.217. The van der Waals surface area contributed by atoms with E-state index in [-0.39, 0.29) is 18.3 Å². The van der Waals surface area contributed by atoms with Gasteiger partial charge in [0, 0.05) is 16.4 Å². The first-order valence-corrected chi connectivity index (χ1v) is 12.6. The summed E-state index contributed by atoms with van der Waals surface area (Å²) < 4.78 is 13.8. The molecule has 2 heterocycles. The van der Waals surface area contributed by atoms with Crippen LogP contribution in [0.5, 0.6) is 0 Å². The number of fused-ring (bicyclic) bond motifs is 1. The third kappa shape index (κ3) is 5.29. The van der Waals surface area contributed by atoms with Crippen LogP contribution in [0.3, 0.4) is 0 Å². The molecule has 4 rings (SSSR count). The second-order valence-electron chi connectivity index (χ2n) is 7.10. The normalized spacial score (nSPS) is 11.1. The Morgan fingerprint density at radius 1 is 1.18 bits per heavy atom. The molecule has 0 aliphatic carbocycles. The molecule has 0 spiro atoms. The summed E-state index contributed by atoms with van der Waals surface area (Å²) in [6, 6.07) is 12.3. The standard InChI is InChI=1S/C23H20BrClN4O4S/c1-3-29-21(19-11-14-9-15(24)6-8-18(14)33-19)27-28-23(29)34-12-20(30)26-17-10-13(5-7-16(17)25)22(31)32-4-2/h5-11H,3-4,12H2,1-2H3,(H,26,30). The number of carbonyl (C=O) groups excluding carboxylic acids is 2. The molecule has 0 saturated carbocycles. The molecule has 1 N–H and O–H groups in total. The van der Waals surface area contributed by atoms with Crippen LogP contribution in [-0.2, 0) is 16.1 Å². The zero-order valence-corrected chi connectivity index (χ0v) is 21.5. The molecule has 176 valence electrons. The van der Waals surface area contributed by atoms with Crippen LogP contribution in [0.4, 0.5) is 5.69 Å². The summed E-state index contributed by atoms with van der Waals surface area (Å²) in [5.41, 5.74) is 1.39. The van der Waals surface area contributed by atoms with E-state index in [0.29, 0.717) is 39.6 Å². The van der Waals surface area contributed by atoms with Crippen LogP contribution in [0.1, 0.15) is 24.2 Å². The maximum absolute atomic E-state index is 12.6. The average Bonchev–Trinajstić information content (AvgIpc) is 3.42. The molecule has 4 aromatic rings. The highest BCUT2D eigenvalue weighted by atomic mass is 79.9. The van der Waals surface area contributed by atoms with Crippen molar-refractivity contribution < 1.29 is 18.7 Å². The Bertz CT molecular complexity index is 1370. The van der Waals surface area contributed by atoms with Gasteiger partial charge < -0.3 is 14.5 Å². The number of ether oxygens (including phenoxy) is 1. The molecule has 34 heavy (non-hydrogen) atoms. The number of benzene rings is 2. The fourth-order valence-corrected chi connectivity index (χ4v) is 4.61. The highest BCUT2D eigenvalue weighted by molar-refractivity contribution is 9.10. The van der Waals surface area contributed by atoms with Gasteiger partial charge in [-0.05, 0) is 56.3 Å². The van der Waals surface area contributed by atoms with Crippen LogP contribution < -0.4 is 5.32 Å². The lowest BCUT2D eigenvalue weighted by atomic mass is 10.2. The second kappa shape index (κ2) is 10.6. The maximum Gasteiger partial charge on any atom is 0.338 e. The number of thioether (sulfide) groups is 1. The van der Waals surface area contributed by atoms with Crippen molar-refractivity contribution in [1.82, 2.24) is 14.8 Å². The van der Waals surface area contributed by atoms with Gasteiger partial charge in [0.25, 0.3) is 0 Å². The Morgan fingerprint density at radius 3 is 2.76 bits per heavy atom. The van der Waals surface area contributed by atoms with E-state index < -0.39 is 5.97 Å². The predicted octanol–water partition coefficient (Wildman–Crippen LogP) is 6.03. The SMILES string of the molecule is CCOC(=O)c1ccc(Cl)c(NC(=O)CSc2nnc(-c3cc4cc(Br)ccc4o3)n2CC)c1. The first-order chi connectivity index (χ1) is 16.4. The Hall–Kier alpha value is -2.82. The Balaban J connectivity index is 1.47. The highest BCUT2D eigenvalue weighted by Crippen LogP contribution is 2.31. The van der Waals surface area contributed by atoms with Crippen molar-refractivity contribution in [1.29, 1.82) is 0 Å². The zero-order valence-electron chi connectivity index (χ0n) is 18.3. The van der Waals surface area contributed by atoms with Gasteiger partial charge in [0.1, 0.15) is 5.58 Å². The van der Waals surface area contributed by atoms with Crippen LogP contribution in [0.25, 0.3) is 22.6 Å². The number of hydrogen-bond acceptors (Lipinski definition) is 7. The van der Waals surface area contributed by atoms with E-state index >= 15 is 0 Å². The molecule has 8 nitrogen and oxygen atoms in total. The highest BCUT2D eigenvalue weighted by Gasteiger charge is 2.19. The van der Waals surface area contributed by atoms with Gasteiger partial charge in [0.15, 0.2) is 10.9 Å². The van der Waals surface area contributed by atoms with Gasteiger partial charge in [0.2, 0.25) is 11.7 Å². The molecule has 0 radical (unpaired) electrons. The van der Waals surface area contributed by atoms with Crippen molar-refractivity contribution in [2.24, 2.45) is 0 Å². The largest absolute Gasteiger partial charge is 0.462 e. The summed E-state index contributed by atoms with van der Waals surface area (Å²) in [7, 11) is 0. The molecule has 11 heteroatoms. The van der Waals surface area contributed by atoms with Crippen molar-refractivity contribution in [3.63, 3.8) is 0 Å². The molecular formula is C23H20BrClN4O4S. The van der Waals surface area contributed by atoms with E-state index in [0.717, 1.165) is 15.4 Å². The lowest BCUT2D eigenvalue weighted by Gasteiger charge is -2.10. The molecule has 1 amide bonds. The van der Waals surface area contributed by atoms with E-state index in [9.17, 15) is 9.59 Å². The molecule has 0 saturated heterocycles. The van der Waals surface area contributed by atoms with Crippen molar-refractivity contribution in [2.45, 2.75) is 25.5 Å². The first-order valence-electron chi connectivity index (χ1n) is 10.4. The van der Waals surface area contributed by atoms with Crippen LogP contribution in [-0.4, -0.2) is 39.0 Å². The van der Waals surface area contributed by atoms with Crippen LogP contribution >= 0.6 is 39.3 Å². The molecule has 0 bridgehead atoms. The zero-order chi connectivity index (χ0) is 24.2. The summed E-state index contributed by atoms with van der Waals surface area (Å²) in [5.74, 6) is 0.481. The fourth-order valence-electron chi connectivity index (χ4n) is 3.27. The smallest absolute Gasteiger partial charge is 0.338 e. The number of aromatic nitrogens is 3. The number of rotatable bonds is 8. The minimum atomic E-state index is -0.481. The van der Waals surface area contributed by atoms with Crippen LogP contribution in [0, 0.1) is 0 Å². The lowest BCUT2D eigenvalue weighted by Crippen LogP contribution is -2.15. The summed E-state index contributed by atoms with van der Waals surface area (Å²) in [4.78, 5) is 24.5. The molecule has 2 aromatic carbocycles. The monoisotopic (exact) mass is 562 g/mol. The van der Waals surface area contributed by atoms with Gasteiger partial charge in [-0.25, -0.2) is 4.79 Å². The Morgan fingerprint density at radius 2 is 2.00 bits per heavy atom. The van der Waals surface area contributed by atoms with Gasteiger partial charge in [-0.15, -0.1) is 10.2 Å². The number of amides is 1. The summed E-state index contributed by atoms with van der Waals surface area (Å²) in [5, 5.41) is 13.1. The maximum atomic E-state index is 12.6. The van der Waals surface area contributed by atoms with Crippen LogP contribution in [0.15, 0.2) is 56.5 Å². The van der Waals surface area contributed by atoms with Gasteiger partial charge in [-0.3, -0.25) is 9.36 Å². The molecule has 0 atom stereocenters. The molecule has 0 fully saturated rings. The topological polar surface area (TPSA) is 99.2 Å². The third-order valence-electron chi connectivity index (χ3n) is 4.82. The Kier molecular flexibility index (Phi) is 7.60. The second-order valence-corrected chi connectivity index (χ2v) is 9.36. The van der Waals surface area contributed by atoms with Crippen molar-refractivity contribution in [2.75, 3.05) is 17.7 Å². The number of hydrogen-bond donors (Lipinski definition) is 1. The minimum absolute atomic E-state index is 0.0746. The number of carbonyl (C=O) groups is 2. The van der Waals surface area contributed by atoms with Gasteiger partial charge in [-0.2, -0.15) is 0 Å². The van der Waals surface area contributed by atoms with Gasteiger partial charge in [-0.1, -0.05) is 39.3 Å². The third-order valence-corrected chi connectivity index (χ3v) is 6.61. The number of nitrogens with one attached hydrogen (secondary N) is 1. The van der Waals surface area contributed by atoms with E-state index in [4.69, 9.17) is 20.8 Å². The van der Waals surface area contributed by atoms with E-state index in [1.54, 1.807) is 19.1 Å². The lowest BCUT2D eigenvalue weighted by molar-refractivity contribution is -0.113. The number of furan rings is 1. The summed E-state index contributed by atoms with van der Waals surface area (Å²) >= 11 is 10.9. The van der Waals surface area contributed by atoms with Crippen molar-refractivity contribution >= 4 is 67.8 Å². The molecule has 0 aliphatic rings.